The Labute approximate surface area is 171 Å². The molecule has 2 aromatic carbocycles. The van der Waals surface area contributed by atoms with Crippen molar-refractivity contribution in [2.75, 3.05) is 19.0 Å². The molecule has 0 aromatic heterocycles. The Morgan fingerprint density at radius 3 is 2.34 bits per heavy atom. The van der Waals surface area contributed by atoms with Crippen LogP contribution in [-0.4, -0.2) is 31.6 Å². The van der Waals surface area contributed by atoms with Gasteiger partial charge in [-0.3, -0.25) is 9.59 Å². The van der Waals surface area contributed by atoms with Crippen molar-refractivity contribution in [1.29, 1.82) is 0 Å². The number of amides is 2. The third kappa shape index (κ3) is 5.08. The highest BCUT2D eigenvalue weighted by Crippen LogP contribution is 2.46. The van der Waals surface area contributed by atoms with Crippen molar-refractivity contribution in [3.05, 3.63) is 54.1 Å². The molecule has 1 saturated carbocycles. The van der Waals surface area contributed by atoms with Crippen LogP contribution in [-0.2, 0) is 16.0 Å². The molecule has 3 rings (SSSR count). The molecular weight excluding hydrogens is 368 g/mol. The largest absolute Gasteiger partial charge is 0.496 e. The number of para-hydroxylation sites is 1. The lowest BCUT2D eigenvalue weighted by Gasteiger charge is -2.16. The summed E-state index contributed by atoms with van der Waals surface area (Å²) in [5.41, 5.74) is 0.709. The number of nitrogens with one attached hydrogen (secondary N) is 2. The van der Waals surface area contributed by atoms with E-state index in [2.05, 4.69) is 10.6 Å². The third-order valence-electron chi connectivity index (χ3n) is 4.98. The number of methoxy groups -OCH3 is 1. The summed E-state index contributed by atoms with van der Waals surface area (Å²) in [6, 6.07) is 14.9. The number of anilines is 1. The molecule has 1 fully saturated rings. The van der Waals surface area contributed by atoms with Gasteiger partial charge in [-0.15, -0.1) is 0 Å². The Kier molecular flexibility index (Phi) is 6.42. The van der Waals surface area contributed by atoms with E-state index in [1.807, 2.05) is 50.2 Å². The van der Waals surface area contributed by atoms with Gasteiger partial charge in [0.25, 0.3) is 0 Å². The third-order valence-corrected chi connectivity index (χ3v) is 4.98. The second-order valence-electron chi connectivity index (χ2n) is 7.54. The van der Waals surface area contributed by atoms with Gasteiger partial charge in [-0.25, -0.2) is 0 Å². The van der Waals surface area contributed by atoms with Gasteiger partial charge in [-0.2, -0.15) is 0 Å². The van der Waals surface area contributed by atoms with Crippen molar-refractivity contribution in [3.63, 3.8) is 0 Å². The van der Waals surface area contributed by atoms with Gasteiger partial charge in [0.05, 0.1) is 13.2 Å². The fraction of sp³-hybridized carbons (Fsp3) is 0.391. The van der Waals surface area contributed by atoms with E-state index in [0.717, 1.165) is 17.1 Å². The van der Waals surface area contributed by atoms with Crippen LogP contribution in [0.1, 0.15) is 32.3 Å². The van der Waals surface area contributed by atoms with E-state index in [-0.39, 0.29) is 17.9 Å². The van der Waals surface area contributed by atoms with E-state index in [1.165, 1.54) is 0 Å². The van der Waals surface area contributed by atoms with E-state index >= 15 is 0 Å². The summed E-state index contributed by atoms with van der Waals surface area (Å²) in [5.74, 6) is 1.06. The van der Waals surface area contributed by atoms with Crippen LogP contribution in [0.2, 0.25) is 0 Å². The topological polar surface area (TPSA) is 76.7 Å². The zero-order chi connectivity index (χ0) is 20.9. The van der Waals surface area contributed by atoms with Gasteiger partial charge in [-0.1, -0.05) is 18.2 Å². The number of rotatable bonds is 9. The smallest absolute Gasteiger partial charge is 0.240 e. The van der Waals surface area contributed by atoms with Gasteiger partial charge in [-0.05, 0) is 69.0 Å². The number of carbonyl (C=O) groups is 2. The summed E-state index contributed by atoms with van der Waals surface area (Å²) in [7, 11) is 1.63. The van der Waals surface area contributed by atoms with Crippen LogP contribution in [0.3, 0.4) is 0 Å². The lowest BCUT2D eigenvalue weighted by atomic mass is 10.0. The molecule has 0 atom stereocenters. The highest BCUT2D eigenvalue weighted by molar-refractivity contribution is 6.13. The first-order chi connectivity index (χ1) is 13.9. The van der Waals surface area contributed by atoms with Gasteiger partial charge in [0.2, 0.25) is 11.8 Å². The van der Waals surface area contributed by atoms with Gasteiger partial charge in [0.15, 0.2) is 0 Å². The first-order valence-electron chi connectivity index (χ1n) is 9.93. The quantitative estimate of drug-likeness (QED) is 0.636. The van der Waals surface area contributed by atoms with Crippen molar-refractivity contribution >= 4 is 17.5 Å². The van der Waals surface area contributed by atoms with Crippen molar-refractivity contribution < 1.29 is 19.1 Å². The average Bonchev–Trinajstić information content (AvgIpc) is 3.51. The van der Waals surface area contributed by atoms with Gasteiger partial charge < -0.3 is 20.1 Å². The van der Waals surface area contributed by atoms with E-state index in [0.29, 0.717) is 31.5 Å². The van der Waals surface area contributed by atoms with E-state index in [9.17, 15) is 9.59 Å². The number of ether oxygens (including phenoxy) is 2. The van der Waals surface area contributed by atoms with Gasteiger partial charge in [0.1, 0.15) is 16.9 Å². The second-order valence-corrected chi connectivity index (χ2v) is 7.54. The normalized spacial score (nSPS) is 14.2. The van der Waals surface area contributed by atoms with Crippen LogP contribution in [0.4, 0.5) is 5.69 Å². The number of carbonyl (C=O) groups excluding carboxylic acids is 2. The molecule has 0 aliphatic heterocycles. The maximum atomic E-state index is 12.7. The molecule has 0 heterocycles. The minimum Gasteiger partial charge on any atom is -0.496 e. The Bertz CT molecular complexity index is 857. The standard InChI is InChI=1S/C23H28N2O4/c1-16(2)29-19-10-8-18(9-11-19)25-22(27)23(13-14-23)21(26)24-15-12-17-6-4-5-7-20(17)28-3/h4-11,16H,12-15H2,1-3H3,(H,24,26)(H,25,27). The first kappa shape index (κ1) is 20.7. The summed E-state index contributed by atoms with van der Waals surface area (Å²) >= 11 is 0. The molecule has 6 nitrogen and oxygen atoms in total. The second kappa shape index (κ2) is 8.99. The minimum absolute atomic E-state index is 0.0877. The molecule has 6 heteroatoms. The number of hydrogen-bond acceptors (Lipinski definition) is 4. The fourth-order valence-corrected chi connectivity index (χ4v) is 3.21. The van der Waals surface area contributed by atoms with Crippen molar-refractivity contribution in [3.8, 4) is 11.5 Å². The highest BCUT2D eigenvalue weighted by atomic mass is 16.5. The molecule has 1 aliphatic carbocycles. The Balaban J connectivity index is 1.53. The molecule has 0 saturated heterocycles. The van der Waals surface area contributed by atoms with E-state index in [4.69, 9.17) is 9.47 Å². The lowest BCUT2D eigenvalue weighted by Crippen LogP contribution is -2.40. The molecule has 29 heavy (non-hydrogen) atoms. The predicted molar refractivity (Wildman–Crippen MR) is 112 cm³/mol. The molecule has 0 spiro atoms. The Morgan fingerprint density at radius 1 is 1.03 bits per heavy atom. The summed E-state index contributed by atoms with van der Waals surface area (Å²) in [5, 5.41) is 5.76. The molecule has 1 aliphatic rings. The van der Waals surface area contributed by atoms with Crippen molar-refractivity contribution in [2.45, 2.75) is 39.2 Å². The molecule has 2 amide bonds. The molecule has 0 radical (unpaired) electrons. The molecule has 2 aromatic rings. The lowest BCUT2D eigenvalue weighted by molar-refractivity contribution is -0.134. The predicted octanol–water partition coefficient (Wildman–Crippen LogP) is 3.56. The van der Waals surface area contributed by atoms with Crippen LogP contribution < -0.4 is 20.1 Å². The maximum absolute atomic E-state index is 12.7. The maximum Gasteiger partial charge on any atom is 0.240 e. The monoisotopic (exact) mass is 396 g/mol. The highest BCUT2D eigenvalue weighted by Gasteiger charge is 2.56. The van der Waals surface area contributed by atoms with E-state index < -0.39 is 5.41 Å². The molecular formula is C23H28N2O4. The van der Waals surface area contributed by atoms with Crippen LogP contribution in [0.5, 0.6) is 11.5 Å². The summed E-state index contributed by atoms with van der Waals surface area (Å²) in [6.45, 7) is 4.37. The molecule has 0 unspecified atom stereocenters. The van der Waals surface area contributed by atoms with Crippen LogP contribution in [0, 0.1) is 5.41 Å². The van der Waals surface area contributed by atoms with Crippen LogP contribution >= 0.6 is 0 Å². The summed E-state index contributed by atoms with van der Waals surface area (Å²) in [6.07, 6.45) is 1.86. The van der Waals surface area contributed by atoms with Crippen molar-refractivity contribution in [1.82, 2.24) is 5.32 Å². The molecule has 154 valence electrons. The SMILES string of the molecule is COc1ccccc1CCNC(=O)C1(C(=O)Nc2ccc(OC(C)C)cc2)CC1. The Hall–Kier alpha value is -3.02. The minimum atomic E-state index is -0.964. The van der Waals surface area contributed by atoms with E-state index in [1.54, 1.807) is 19.2 Å². The zero-order valence-electron chi connectivity index (χ0n) is 17.2. The molecule has 2 N–H and O–H groups in total. The van der Waals surface area contributed by atoms with Crippen molar-refractivity contribution in [2.24, 2.45) is 5.41 Å². The van der Waals surface area contributed by atoms with Gasteiger partial charge >= 0.3 is 0 Å². The van der Waals surface area contributed by atoms with Crippen LogP contribution in [0.15, 0.2) is 48.5 Å². The summed E-state index contributed by atoms with van der Waals surface area (Å²) < 4.78 is 10.9. The molecule has 0 bridgehead atoms. The number of benzene rings is 2. The average molecular weight is 396 g/mol. The first-order valence-corrected chi connectivity index (χ1v) is 9.93. The fourth-order valence-electron chi connectivity index (χ4n) is 3.21. The number of hydrogen-bond donors (Lipinski definition) is 2. The zero-order valence-corrected chi connectivity index (χ0v) is 17.2. The summed E-state index contributed by atoms with van der Waals surface area (Å²) in [4.78, 5) is 25.4. The Morgan fingerprint density at radius 2 is 1.72 bits per heavy atom. The van der Waals surface area contributed by atoms with Crippen LogP contribution in [0.25, 0.3) is 0 Å². The van der Waals surface area contributed by atoms with Gasteiger partial charge in [0, 0.05) is 12.2 Å².